The van der Waals surface area contributed by atoms with Crippen molar-refractivity contribution >= 4 is 15.9 Å². The first-order valence-corrected chi connectivity index (χ1v) is 9.91. The highest BCUT2D eigenvalue weighted by atomic mass is 32.2. The Bertz CT molecular complexity index is 884. The molecule has 0 fully saturated rings. The van der Waals surface area contributed by atoms with Gasteiger partial charge < -0.3 is 14.8 Å². The van der Waals surface area contributed by atoms with Gasteiger partial charge in [0.15, 0.2) is 11.5 Å². The number of carbonyl (C=O) groups is 1. The van der Waals surface area contributed by atoms with E-state index in [2.05, 4.69) is 5.32 Å². The van der Waals surface area contributed by atoms with Crippen LogP contribution in [0.1, 0.15) is 11.1 Å². The average Bonchev–Trinajstić information content (AvgIpc) is 3.07. The number of nitrogens with one attached hydrogen (secondary N) is 1. The number of hydrogen-bond acceptors (Lipinski definition) is 5. The minimum absolute atomic E-state index is 0.0776. The van der Waals surface area contributed by atoms with Crippen molar-refractivity contribution in [3.8, 4) is 11.5 Å². The van der Waals surface area contributed by atoms with Crippen LogP contribution in [-0.4, -0.2) is 38.2 Å². The van der Waals surface area contributed by atoms with E-state index in [9.17, 15) is 13.2 Å². The number of benzene rings is 2. The normalized spacial score (nSPS) is 13.0. The highest BCUT2D eigenvalue weighted by Gasteiger charge is 2.22. The van der Waals surface area contributed by atoms with E-state index in [4.69, 9.17) is 9.47 Å². The minimum atomic E-state index is -3.55. The third-order valence-electron chi connectivity index (χ3n) is 3.92. The molecule has 0 atom stereocenters. The van der Waals surface area contributed by atoms with E-state index in [-0.39, 0.29) is 25.8 Å². The second-order valence-corrected chi connectivity index (χ2v) is 7.96. The molecule has 2 aromatic carbocycles. The van der Waals surface area contributed by atoms with Crippen LogP contribution in [0.25, 0.3) is 0 Å². The summed E-state index contributed by atoms with van der Waals surface area (Å²) >= 11 is 0. The van der Waals surface area contributed by atoms with Gasteiger partial charge in [0.1, 0.15) is 0 Å². The molecule has 7 nitrogen and oxygen atoms in total. The van der Waals surface area contributed by atoms with Gasteiger partial charge in [0.2, 0.25) is 22.7 Å². The predicted molar refractivity (Wildman–Crippen MR) is 96.1 cm³/mol. The lowest BCUT2D eigenvalue weighted by Crippen LogP contribution is -2.39. The Morgan fingerprint density at radius 3 is 2.54 bits per heavy atom. The Morgan fingerprint density at radius 2 is 1.81 bits per heavy atom. The maximum atomic E-state index is 12.2. The van der Waals surface area contributed by atoms with Gasteiger partial charge in [0.05, 0.1) is 12.8 Å². The van der Waals surface area contributed by atoms with Gasteiger partial charge in [-0.2, -0.15) is 4.31 Å². The molecule has 0 aliphatic carbocycles. The van der Waals surface area contributed by atoms with Gasteiger partial charge in [-0.1, -0.05) is 36.4 Å². The van der Waals surface area contributed by atoms with Crippen molar-refractivity contribution < 1.29 is 22.7 Å². The molecule has 1 aliphatic rings. The van der Waals surface area contributed by atoms with Crippen LogP contribution in [0, 0.1) is 0 Å². The number of fused-ring (bicyclic) bond motifs is 1. The summed E-state index contributed by atoms with van der Waals surface area (Å²) in [6.45, 7) is 0.326. The molecule has 138 valence electrons. The van der Waals surface area contributed by atoms with Crippen LogP contribution in [0.3, 0.4) is 0 Å². The minimum Gasteiger partial charge on any atom is -0.454 e. The van der Waals surface area contributed by atoms with Crippen LogP contribution in [0.2, 0.25) is 0 Å². The summed E-state index contributed by atoms with van der Waals surface area (Å²) in [5.74, 6) is 0.838. The first kappa shape index (κ1) is 18.2. The number of hydrogen-bond donors (Lipinski definition) is 1. The summed E-state index contributed by atoms with van der Waals surface area (Å²) in [4.78, 5) is 12.2. The van der Waals surface area contributed by atoms with Gasteiger partial charge in [-0.25, -0.2) is 8.42 Å². The lowest BCUT2D eigenvalue weighted by atomic mass is 10.2. The van der Waals surface area contributed by atoms with E-state index < -0.39 is 10.0 Å². The van der Waals surface area contributed by atoms with Crippen LogP contribution >= 0.6 is 0 Å². The van der Waals surface area contributed by atoms with Crippen LogP contribution in [0.5, 0.6) is 11.5 Å². The molecule has 1 heterocycles. The van der Waals surface area contributed by atoms with Gasteiger partial charge in [-0.3, -0.25) is 4.79 Å². The smallest absolute Gasteiger partial charge is 0.235 e. The highest BCUT2D eigenvalue weighted by Crippen LogP contribution is 2.32. The van der Waals surface area contributed by atoms with E-state index in [1.165, 1.54) is 0 Å². The van der Waals surface area contributed by atoms with Crippen molar-refractivity contribution in [2.75, 3.05) is 19.6 Å². The summed E-state index contributed by atoms with van der Waals surface area (Å²) in [5, 5.41) is 2.74. The fourth-order valence-electron chi connectivity index (χ4n) is 2.55. The van der Waals surface area contributed by atoms with Crippen molar-refractivity contribution in [1.82, 2.24) is 9.62 Å². The van der Waals surface area contributed by atoms with E-state index in [0.29, 0.717) is 18.0 Å². The summed E-state index contributed by atoms with van der Waals surface area (Å²) in [5.41, 5.74) is 1.66. The van der Waals surface area contributed by atoms with Crippen molar-refractivity contribution in [1.29, 1.82) is 0 Å². The van der Waals surface area contributed by atoms with Crippen LogP contribution < -0.4 is 14.8 Å². The summed E-state index contributed by atoms with van der Waals surface area (Å²) in [7, 11) is -3.55. The molecule has 0 unspecified atom stereocenters. The average molecular weight is 376 g/mol. The predicted octanol–water partition coefficient (Wildman–Crippen LogP) is 1.49. The SMILES string of the molecule is CS(=O)(=O)N(CC(=O)NCc1ccccc1)Cc1ccc2c(c1)OCO2. The lowest BCUT2D eigenvalue weighted by Gasteiger charge is -2.19. The zero-order valence-electron chi connectivity index (χ0n) is 14.3. The Kier molecular flexibility index (Phi) is 5.43. The monoisotopic (exact) mass is 376 g/mol. The largest absolute Gasteiger partial charge is 0.454 e. The molecule has 0 saturated heterocycles. The van der Waals surface area contributed by atoms with Gasteiger partial charge in [-0.15, -0.1) is 0 Å². The van der Waals surface area contributed by atoms with Crippen molar-refractivity contribution in [3.05, 3.63) is 59.7 Å². The highest BCUT2D eigenvalue weighted by molar-refractivity contribution is 7.88. The molecule has 0 radical (unpaired) electrons. The molecule has 3 rings (SSSR count). The van der Waals surface area contributed by atoms with Gasteiger partial charge in [-0.05, 0) is 23.3 Å². The second kappa shape index (κ2) is 7.76. The molecule has 8 heteroatoms. The van der Waals surface area contributed by atoms with Crippen LogP contribution in [0.4, 0.5) is 0 Å². The molecule has 0 saturated carbocycles. The molecule has 2 aromatic rings. The zero-order chi connectivity index (χ0) is 18.6. The van der Waals surface area contributed by atoms with E-state index in [1.807, 2.05) is 30.3 Å². The fourth-order valence-corrected chi connectivity index (χ4v) is 3.28. The first-order valence-electron chi connectivity index (χ1n) is 8.06. The van der Waals surface area contributed by atoms with Crippen molar-refractivity contribution in [2.24, 2.45) is 0 Å². The Morgan fingerprint density at radius 1 is 1.08 bits per heavy atom. The third kappa shape index (κ3) is 4.74. The maximum absolute atomic E-state index is 12.2. The maximum Gasteiger partial charge on any atom is 0.235 e. The van der Waals surface area contributed by atoms with Crippen molar-refractivity contribution in [2.45, 2.75) is 13.1 Å². The number of sulfonamides is 1. The number of ether oxygens (including phenoxy) is 2. The topological polar surface area (TPSA) is 84.9 Å². The van der Waals surface area contributed by atoms with Crippen LogP contribution in [0.15, 0.2) is 48.5 Å². The molecule has 0 aromatic heterocycles. The summed E-state index contributed by atoms with van der Waals surface area (Å²) in [6, 6.07) is 14.6. The molecule has 1 amide bonds. The Hall–Kier alpha value is -2.58. The van der Waals surface area contributed by atoms with E-state index >= 15 is 0 Å². The molecular formula is C18H20N2O5S. The molecule has 1 N–H and O–H groups in total. The van der Waals surface area contributed by atoms with E-state index in [0.717, 1.165) is 21.7 Å². The lowest BCUT2D eigenvalue weighted by molar-refractivity contribution is -0.121. The quantitative estimate of drug-likeness (QED) is 0.791. The van der Waals surface area contributed by atoms with Gasteiger partial charge in [0, 0.05) is 13.1 Å². The third-order valence-corrected chi connectivity index (χ3v) is 5.11. The second-order valence-electron chi connectivity index (χ2n) is 5.98. The first-order chi connectivity index (χ1) is 12.4. The van der Waals surface area contributed by atoms with E-state index in [1.54, 1.807) is 18.2 Å². The number of rotatable bonds is 7. The number of nitrogens with zero attached hydrogens (tertiary/aromatic N) is 1. The van der Waals surface area contributed by atoms with Crippen LogP contribution in [-0.2, 0) is 27.9 Å². The Balaban J connectivity index is 1.64. The zero-order valence-corrected chi connectivity index (χ0v) is 15.2. The summed E-state index contributed by atoms with van der Waals surface area (Å²) in [6.07, 6.45) is 1.09. The van der Waals surface area contributed by atoms with Crippen molar-refractivity contribution in [3.63, 3.8) is 0 Å². The molecule has 0 bridgehead atoms. The standard InChI is InChI=1S/C18H20N2O5S/c1-26(22,23)20(11-15-7-8-16-17(9-15)25-13-24-16)12-18(21)19-10-14-5-3-2-4-6-14/h2-9H,10-13H2,1H3,(H,19,21). The number of amides is 1. The summed E-state index contributed by atoms with van der Waals surface area (Å²) < 4.78 is 35.8. The molecule has 1 aliphatic heterocycles. The van der Waals surface area contributed by atoms with Gasteiger partial charge in [0.25, 0.3) is 0 Å². The molecular weight excluding hydrogens is 356 g/mol. The number of carbonyl (C=O) groups excluding carboxylic acids is 1. The molecule has 26 heavy (non-hydrogen) atoms. The molecule has 0 spiro atoms. The van der Waals surface area contributed by atoms with Gasteiger partial charge >= 0.3 is 0 Å². The fraction of sp³-hybridized carbons (Fsp3) is 0.278. The Labute approximate surface area is 152 Å².